The summed E-state index contributed by atoms with van der Waals surface area (Å²) in [6.45, 7) is 14.4. The van der Waals surface area contributed by atoms with Crippen LogP contribution in [0.5, 0.6) is 0 Å². The molecule has 3 N–H and O–H groups in total. The number of nitrogens with zero attached hydrogens (tertiary/aromatic N) is 9. The monoisotopic (exact) mass is 580 g/mol. The molecule has 7 rings (SSSR count). The average molecular weight is 581 g/mol. The van der Waals surface area contributed by atoms with Gasteiger partial charge in [0.2, 0.25) is 0 Å². The Morgan fingerprint density at radius 1 is 1.00 bits per heavy atom. The second kappa shape index (κ2) is 11.1. The van der Waals surface area contributed by atoms with Gasteiger partial charge in [0.05, 0.1) is 11.4 Å². The molecule has 224 valence electrons. The van der Waals surface area contributed by atoms with E-state index < -0.39 is 0 Å². The van der Waals surface area contributed by atoms with Gasteiger partial charge >= 0.3 is 0 Å². The van der Waals surface area contributed by atoms with E-state index >= 15 is 0 Å². The van der Waals surface area contributed by atoms with Crippen molar-refractivity contribution in [2.24, 2.45) is 0 Å². The molecule has 0 amide bonds. The maximum atomic E-state index is 5.17. The van der Waals surface area contributed by atoms with Gasteiger partial charge in [-0.3, -0.25) is 0 Å². The zero-order chi connectivity index (χ0) is 29.7. The summed E-state index contributed by atoms with van der Waals surface area (Å²) < 4.78 is 1.97. The molecule has 3 atom stereocenters. The number of nitrogens with one attached hydrogen (secondary N) is 3. The van der Waals surface area contributed by atoms with Crippen molar-refractivity contribution in [2.45, 2.75) is 45.8 Å². The number of fused-ring (bicyclic) bond motifs is 2. The van der Waals surface area contributed by atoms with Crippen molar-refractivity contribution in [3.8, 4) is 11.1 Å². The summed E-state index contributed by atoms with van der Waals surface area (Å²) in [5, 5.41) is 13.1. The molecular weight excluding hydrogens is 540 g/mol. The Balaban J connectivity index is 1.22. The molecule has 2 aliphatic heterocycles. The highest BCUT2D eigenvalue weighted by molar-refractivity contribution is 6.01. The van der Waals surface area contributed by atoms with Crippen LogP contribution in [0.1, 0.15) is 38.2 Å². The van der Waals surface area contributed by atoms with Gasteiger partial charge < -0.3 is 30.3 Å². The minimum atomic E-state index is -0.206. The van der Waals surface area contributed by atoms with Gasteiger partial charge in [0.1, 0.15) is 29.1 Å². The number of piperazine rings is 2. The number of likely N-dealkylation sites (N-methyl/N-ethyl adjacent to an activating group) is 1. The van der Waals surface area contributed by atoms with Crippen LogP contribution in [0.4, 0.5) is 17.5 Å². The fourth-order valence-electron chi connectivity index (χ4n) is 6.44. The number of hydrogen-bond donors (Lipinski definition) is 3. The van der Waals surface area contributed by atoms with E-state index in [0.29, 0.717) is 17.9 Å². The summed E-state index contributed by atoms with van der Waals surface area (Å²) in [6.07, 6.45) is 7.51. The molecule has 0 saturated carbocycles. The molecule has 2 aliphatic rings. The van der Waals surface area contributed by atoms with Gasteiger partial charge in [0, 0.05) is 75.5 Å². The van der Waals surface area contributed by atoms with Gasteiger partial charge in [-0.2, -0.15) is 5.10 Å². The van der Waals surface area contributed by atoms with E-state index in [1.807, 2.05) is 23.1 Å². The van der Waals surface area contributed by atoms with E-state index in [1.54, 1.807) is 6.33 Å². The number of rotatable bonds is 6. The predicted molar refractivity (Wildman–Crippen MR) is 171 cm³/mol. The van der Waals surface area contributed by atoms with Crippen LogP contribution in [0.3, 0.4) is 0 Å². The smallest absolute Gasteiger partial charge is 0.173 e. The first-order chi connectivity index (χ1) is 20.8. The molecule has 12 nitrogen and oxygen atoms in total. The van der Waals surface area contributed by atoms with Crippen LogP contribution in [0.15, 0.2) is 43.1 Å². The third-order valence-electron chi connectivity index (χ3n) is 8.66. The molecule has 2 saturated heterocycles. The van der Waals surface area contributed by atoms with Crippen LogP contribution in [0.2, 0.25) is 0 Å². The number of aromatic nitrogens is 7. The topological polar surface area (TPSA) is 118 Å². The predicted octanol–water partition coefficient (Wildman–Crippen LogP) is 3.48. The summed E-state index contributed by atoms with van der Waals surface area (Å²) in [5.41, 5.74) is 5.11. The summed E-state index contributed by atoms with van der Waals surface area (Å²) in [6, 6.07) is 6.87. The molecule has 0 aromatic carbocycles. The molecule has 5 aromatic heterocycles. The Labute approximate surface area is 251 Å². The van der Waals surface area contributed by atoms with Crippen LogP contribution in [-0.2, 0) is 0 Å². The fourth-order valence-corrected chi connectivity index (χ4v) is 6.44. The highest BCUT2D eigenvalue weighted by Gasteiger charge is 2.27. The summed E-state index contributed by atoms with van der Waals surface area (Å²) in [5.74, 6) is 3.42. The Kier molecular flexibility index (Phi) is 7.10. The standard InChI is InChI=1S/C31H40N12/c1-19-7-9-43-27(19)31(42-16-20(2)36-21(3)17-42)38-28(39-43)22(4)37-30-26-24(15-33-29(26)34-18-35-30)23-6-8-32-25(14-23)41-12-10-40(5)11-13-41/h6-9,14-15,18,20-22,36H,10-13,16-17H2,1-5H3,(H2,33,34,35,37)/t20-,21+,22-/m0/s1. The summed E-state index contributed by atoms with van der Waals surface area (Å²) in [4.78, 5) is 29.5. The summed E-state index contributed by atoms with van der Waals surface area (Å²) >= 11 is 0. The number of hydrogen-bond acceptors (Lipinski definition) is 10. The van der Waals surface area contributed by atoms with E-state index in [-0.39, 0.29) is 6.04 Å². The third-order valence-corrected chi connectivity index (χ3v) is 8.66. The number of anilines is 3. The molecule has 43 heavy (non-hydrogen) atoms. The Morgan fingerprint density at radius 3 is 2.58 bits per heavy atom. The highest BCUT2D eigenvalue weighted by Crippen LogP contribution is 2.35. The van der Waals surface area contributed by atoms with E-state index in [9.17, 15) is 0 Å². The van der Waals surface area contributed by atoms with E-state index in [4.69, 9.17) is 20.1 Å². The minimum absolute atomic E-state index is 0.206. The van der Waals surface area contributed by atoms with Crippen molar-refractivity contribution < 1.29 is 0 Å². The van der Waals surface area contributed by atoms with E-state index in [0.717, 1.165) is 84.4 Å². The average Bonchev–Trinajstić information content (AvgIpc) is 3.61. The zero-order valence-electron chi connectivity index (χ0n) is 25.5. The van der Waals surface area contributed by atoms with Gasteiger partial charge in [0.15, 0.2) is 11.6 Å². The number of aryl methyl sites for hydroxylation is 1. The first-order valence-electron chi connectivity index (χ1n) is 15.2. The van der Waals surface area contributed by atoms with Gasteiger partial charge in [0.25, 0.3) is 0 Å². The van der Waals surface area contributed by atoms with Crippen LogP contribution in [-0.4, -0.2) is 97.8 Å². The van der Waals surface area contributed by atoms with Gasteiger partial charge in [-0.15, -0.1) is 0 Å². The summed E-state index contributed by atoms with van der Waals surface area (Å²) in [7, 11) is 2.16. The molecule has 0 aliphatic carbocycles. The number of aromatic amines is 1. The molecular formula is C31H40N12. The molecule has 12 heteroatoms. The Hall–Kier alpha value is -4.29. The first-order valence-corrected chi connectivity index (χ1v) is 15.2. The van der Waals surface area contributed by atoms with Crippen LogP contribution in [0.25, 0.3) is 27.7 Å². The second-order valence-electron chi connectivity index (χ2n) is 12.2. The van der Waals surface area contributed by atoms with Crippen molar-refractivity contribution in [3.63, 3.8) is 0 Å². The van der Waals surface area contributed by atoms with Gasteiger partial charge in [-0.1, -0.05) is 0 Å². The molecule has 0 spiro atoms. The quantitative estimate of drug-likeness (QED) is 0.276. The second-order valence-corrected chi connectivity index (χ2v) is 12.2. The minimum Gasteiger partial charge on any atom is -0.360 e. The Morgan fingerprint density at radius 2 is 1.79 bits per heavy atom. The first kappa shape index (κ1) is 27.5. The van der Waals surface area contributed by atoms with Crippen molar-refractivity contribution >= 4 is 34.0 Å². The zero-order valence-corrected chi connectivity index (χ0v) is 25.5. The lowest BCUT2D eigenvalue weighted by Gasteiger charge is -2.37. The highest BCUT2D eigenvalue weighted by atomic mass is 15.3. The number of pyridine rings is 1. The molecule has 0 unspecified atom stereocenters. The molecule has 0 bridgehead atoms. The fraction of sp³-hybridized carbons (Fsp3) is 0.452. The molecule has 0 radical (unpaired) electrons. The van der Waals surface area contributed by atoms with E-state index in [1.165, 1.54) is 5.56 Å². The van der Waals surface area contributed by atoms with Crippen LogP contribution in [0, 0.1) is 6.92 Å². The number of H-pyrrole nitrogens is 1. The maximum absolute atomic E-state index is 5.17. The lowest BCUT2D eigenvalue weighted by atomic mass is 10.1. The van der Waals surface area contributed by atoms with Crippen molar-refractivity contribution in [2.75, 3.05) is 61.4 Å². The molecule has 7 heterocycles. The maximum Gasteiger partial charge on any atom is 0.173 e. The van der Waals surface area contributed by atoms with Gasteiger partial charge in [-0.05, 0) is 64.1 Å². The largest absolute Gasteiger partial charge is 0.360 e. The van der Waals surface area contributed by atoms with Crippen molar-refractivity contribution in [3.05, 3.63) is 54.5 Å². The Bertz CT molecular complexity index is 1740. The normalized spacial score (nSPS) is 20.7. The van der Waals surface area contributed by atoms with E-state index in [2.05, 4.69) is 88.2 Å². The lowest BCUT2D eigenvalue weighted by Crippen LogP contribution is -2.54. The van der Waals surface area contributed by atoms with Crippen molar-refractivity contribution in [1.82, 2.24) is 44.8 Å². The van der Waals surface area contributed by atoms with Crippen LogP contribution >= 0.6 is 0 Å². The third kappa shape index (κ3) is 5.25. The lowest BCUT2D eigenvalue weighted by molar-refractivity contribution is 0.312. The molecule has 2 fully saturated rings. The SMILES string of the molecule is Cc1ccn2nc([C@H](C)Nc3ncnc4[nH]cc(-c5ccnc(N6CCN(C)CC6)c5)c34)nc(N3C[C@@H](C)N[C@@H](C)C3)c12. The molecule has 5 aromatic rings. The van der Waals surface area contributed by atoms with Crippen LogP contribution < -0.4 is 20.4 Å². The van der Waals surface area contributed by atoms with Crippen molar-refractivity contribution in [1.29, 1.82) is 0 Å². The van der Waals surface area contributed by atoms with Gasteiger partial charge in [-0.25, -0.2) is 24.5 Å².